The number of carbonyl (C=O) groups excluding carboxylic acids is 3. The third kappa shape index (κ3) is 7.94. The summed E-state index contributed by atoms with van der Waals surface area (Å²) in [6.07, 6.45) is 3.90. The van der Waals surface area contributed by atoms with E-state index in [0.29, 0.717) is 45.1 Å². The third-order valence-electron chi connectivity index (χ3n) is 6.51. The Hall–Kier alpha value is -5.00. The van der Waals surface area contributed by atoms with Gasteiger partial charge in [0.05, 0.1) is 17.4 Å². The van der Waals surface area contributed by atoms with Crippen LogP contribution >= 0.6 is 0 Å². The van der Waals surface area contributed by atoms with E-state index < -0.39 is 23.4 Å². The van der Waals surface area contributed by atoms with Crippen LogP contribution in [0.3, 0.4) is 0 Å². The zero-order valence-corrected chi connectivity index (χ0v) is 26.6. The number of ether oxygens (including phenoxy) is 3. The Labute approximate surface area is 261 Å². The molecule has 1 fully saturated rings. The molecule has 12 nitrogen and oxygen atoms in total. The van der Waals surface area contributed by atoms with E-state index in [1.54, 1.807) is 91.1 Å². The largest absolute Gasteiger partial charge is 0.484 e. The maximum Gasteiger partial charge on any atom is 0.435 e. The Morgan fingerprint density at radius 2 is 1.71 bits per heavy atom. The number of nitrogens with one attached hydrogen (secondary N) is 1. The highest BCUT2D eigenvalue weighted by atomic mass is 16.6. The quantitative estimate of drug-likeness (QED) is 0.254. The van der Waals surface area contributed by atoms with Gasteiger partial charge in [-0.2, -0.15) is 9.78 Å². The number of benzene rings is 2. The van der Waals surface area contributed by atoms with Gasteiger partial charge in [-0.05, 0) is 91.6 Å². The zero-order valence-electron chi connectivity index (χ0n) is 26.6. The SMILES string of the molecule is Cc1cnc(-c2cccc(OCC(=O)NC3CC3)c2)nc1N(C(=O)OC(C)(C)C)c1ccc2c(cnn2C(=O)OC(C)(C)C)c1. The molecule has 236 valence electrons. The van der Waals surface area contributed by atoms with Gasteiger partial charge in [-0.25, -0.2) is 24.5 Å². The molecule has 0 radical (unpaired) electrons. The van der Waals surface area contributed by atoms with E-state index in [1.165, 1.54) is 15.8 Å². The van der Waals surface area contributed by atoms with Crippen molar-refractivity contribution < 1.29 is 28.6 Å². The molecule has 2 aromatic heterocycles. The number of carbonyl (C=O) groups is 3. The smallest absolute Gasteiger partial charge is 0.435 e. The molecule has 0 unspecified atom stereocenters. The first-order valence-electron chi connectivity index (χ1n) is 14.8. The average Bonchev–Trinajstić information content (AvgIpc) is 3.66. The van der Waals surface area contributed by atoms with Crippen LogP contribution < -0.4 is 15.0 Å². The van der Waals surface area contributed by atoms with Crippen LogP contribution in [0.25, 0.3) is 22.3 Å². The predicted octanol–water partition coefficient (Wildman–Crippen LogP) is 6.32. The number of hydrogen-bond acceptors (Lipinski definition) is 9. The highest BCUT2D eigenvalue weighted by Gasteiger charge is 2.29. The van der Waals surface area contributed by atoms with E-state index >= 15 is 0 Å². The van der Waals surface area contributed by atoms with Gasteiger partial charge in [0.2, 0.25) is 0 Å². The molecule has 0 aliphatic heterocycles. The molecular weight excluding hydrogens is 576 g/mol. The fourth-order valence-electron chi connectivity index (χ4n) is 4.40. The van der Waals surface area contributed by atoms with Crippen LogP contribution in [0, 0.1) is 6.92 Å². The number of aromatic nitrogens is 4. The number of amides is 2. The molecule has 5 rings (SSSR count). The average molecular weight is 615 g/mol. The summed E-state index contributed by atoms with van der Waals surface area (Å²) in [7, 11) is 0. The first-order valence-corrected chi connectivity index (χ1v) is 14.8. The molecule has 0 saturated heterocycles. The monoisotopic (exact) mass is 614 g/mol. The molecule has 1 aliphatic carbocycles. The van der Waals surface area contributed by atoms with Crippen molar-refractivity contribution >= 4 is 40.5 Å². The number of rotatable bonds is 7. The van der Waals surface area contributed by atoms with Crippen molar-refractivity contribution in [2.75, 3.05) is 11.5 Å². The maximum atomic E-state index is 13.7. The molecule has 2 amide bonds. The predicted molar refractivity (Wildman–Crippen MR) is 169 cm³/mol. The Kier molecular flexibility index (Phi) is 8.51. The van der Waals surface area contributed by atoms with Gasteiger partial charge < -0.3 is 19.5 Å². The second-order valence-corrected chi connectivity index (χ2v) is 13.0. The summed E-state index contributed by atoms with van der Waals surface area (Å²) in [6, 6.07) is 12.5. The van der Waals surface area contributed by atoms with Crippen LogP contribution in [-0.2, 0) is 14.3 Å². The van der Waals surface area contributed by atoms with Gasteiger partial charge in [0.25, 0.3) is 5.91 Å². The zero-order chi connectivity index (χ0) is 32.5. The van der Waals surface area contributed by atoms with Crippen molar-refractivity contribution in [2.24, 2.45) is 0 Å². The summed E-state index contributed by atoms with van der Waals surface area (Å²) in [5.41, 5.74) is 0.739. The van der Waals surface area contributed by atoms with Crippen LogP contribution in [0.4, 0.5) is 21.1 Å². The number of fused-ring (bicyclic) bond motifs is 1. The van der Waals surface area contributed by atoms with Gasteiger partial charge in [-0.15, -0.1) is 0 Å². The van der Waals surface area contributed by atoms with Crippen molar-refractivity contribution in [1.29, 1.82) is 0 Å². The lowest BCUT2D eigenvalue weighted by molar-refractivity contribution is -0.123. The Morgan fingerprint density at radius 1 is 0.978 bits per heavy atom. The van der Waals surface area contributed by atoms with E-state index in [-0.39, 0.29) is 18.6 Å². The fourth-order valence-corrected chi connectivity index (χ4v) is 4.40. The Bertz CT molecular complexity index is 1750. The van der Waals surface area contributed by atoms with Crippen LogP contribution in [0.15, 0.2) is 54.9 Å². The van der Waals surface area contributed by atoms with Gasteiger partial charge in [-0.3, -0.25) is 4.79 Å². The van der Waals surface area contributed by atoms with Crippen molar-refractivity contribution in [3.63, 3.8) is 0 Å². The summed E-state index contributed by atoms with van der Waals surface area (Å²) >= 11 is 0. The lowest BCUT2D eigenvalue weighted by Gasteiger charge is -2.28. The summed E-state index contributed by atoms with van der Waals surface area (Å²) in [5.74, 6) is 0.970. The molecule has 0 spiro atoms. The Balaban J connectivity index is 1.49. The minimum atomic E-state index is -0.789. The molecule has 1 saturated carbocycles. The molecule has 4 aromatic rings. The molecule has 2 aromatic carbocycles. The van der Waals surface area contributed by atoms with Crippen LogP contribution in [0.5, 0.6) is 5.75 Å². The summed E-state index contributed by atoms with van der Waals surface area (Å²) in [6.45, 7) is 12.4. The first-order chi connectivity index (χ1) is 21.2. The minimum Gasteiger partial charge on any atom is -0.484 e. The van der Waals surface area contributed by atoms with E-state index in [9.17, 15) is 14.4 Å². The highest BCUT2D eigenvalue weighted by Crippen LogP contribution is 2.33. The molecule has 1 N–H and O–H groups in total. The lowest BCUT2D eigenvalue weighted by atomic mass is 10.1. The summed E-state index contributed by atoms with van der Waals surface area (Å²) in [4.78, 5) is 49.3. The number of nitrogens with zero attached hydrogens (tertiary/aromatic N) is 5. The van der Waals surface area contributed by atoms with Crippen LogP contribution in [0.1, 0.15) is 59.9 Å². The van der Waals surface area contributed by atoms with Crippen LogP contribution in [0.2, 0.25) is 0 Å². The minimum absolute atomic E-state index is 0.0978. The second kappa shape index (κ2) is 12.2. The fraction of sp³-hybridized carbons (Fsp3) is 0.394. The van der Waals surface area contributed by atoms with Gasteiger partial charge in [0.15, 0.2) is 12.4 Å². The van der Waals surface area contributed by atoms with Gasteiger partial charge in [-0.1, -0.05) is 12.1 Å². The number of hydrogen-bond donors (Lipinski definition) is 1. The summed E-state index contributed by atoms with van der Waals surface area (Å²) < 4.78 is 18.2. The number of aryl methyl sites for hydroxylation is 1. The van der Waals surface area contributed by atoms with E-state index in [4.69, 9.17) is 19.2 Å². The topological polar surface area (TPSA) is 138 Å². The molecule has 1 aliphatic rings. The van der Waals surface area contributed by atoms with E-state index in [0.717, 1.165) is 12.8 Å². The van der Waals surface area contributed by atoms with Crippen LogP contribution in [-0.4, -0.2) is 61.7 Å². The van der Waals surface area contributed by atoms with E-state index in [2.05, 4.69) is 15.4 Å². The number of anilines is 2. The maximum absolute atomic E-state index is 13.7. The molecule has 0 bridgehead atoms. The van der Waals surface area contributed by atoms with Gasteiger partial charge in [0, 0.05) is 28.8 Å². The third-order valence-corrected chi connectivity index (χ3v) is 6.51. The molecule has 0 atom stereocenters. The first kappa shape index (κ1) is 31.4. The van der Waals surface area contributed by atoms with Gasteiger partial charge >= 0.3 is 12.2 Å². The van der Waals surface area contributed by atoms with Crippen molar-refractivity contribution in [1.82, 2.24) is 25.1 Å². The van der Waals surface area contributed by atoms with Crippen molar-refractivity contribution in [2.45, 2.75) is 78.6 Å². The molecule has 45 heavy (non-hydrogen) atoms. The van der Waals surface area contributed by atoms with Crippen molar-refractivity contribution in [3.8, 4) is 17.1 Å². The Morgan fingerprint density at radius 3 is 2.40 bits per heavy atom. The normalized spacial score (nSPS) is 13.3. The van der Waals surface area contributed by atoms with E-state index in [1.807, 2.05) is 6.07 Å². The van der Waals surface area contributed by atoms with Gasteiger partial charge in [0.1, 0.15) is 22.8 Å². The summed E-state index contributed by atoms with van der Waals surface area (Å²) in [5, 5.41) is 7.73. The lowest BCUT2D eigenvalue weighted by Crippen LogP contribution is -2.34. The molecular formula is C33H38N6O6. The molecule has 2 heterocycles. The van der Waals surface area contributed by atoms with Crippen molar-refractivity contribution in [3.05, 3.63) is 60.4 Å². The highest BCUT2D eigenvalue weighted by molar-refractivity contribution is 5.99. The standard InChI is InChI=1S/C33H38N6O6/c1-20-17-34-28(21-9-8-10-25(16-21)43-19-27(40)36-23-11-12-23)37-29(20)38(30(41)44-32(2,3)4)24-13-14-26-22(15-24)18-35-39(26)31(42)45-33(5,6)7/h8-10,13-18,23H,11-12,19H2,1-7H3,(H,36,40). The molecule has 12 heteroatoms. The second-order valence-electron chi connectivity index (χ2n) is 13.0.